The second-order valence-electron chi connectivity index (χ2n) is 33.8. The van der Waals surface area contributed by atoms with Crippen molar-refractivity contribution in [1.82, 2.24) is 16.0 Å². The summed E-state index contributed by atoms with van der Waals surface area (Å²) in [6.45, 7) is -0.665. The standard InChI is InChI=1S/C85H151N3O36/c1-5-7-9-11-13-15-17-19-20-21-22-23-24-25-26-28-30-32-34-36-38-40-60(100)88-51(52(97)39-37-35-33-31-29-27-18-16-14-12-10-8-6-2)48-113-80-69(107)67(105)73(58(46-93)117-80)119-81-70(108)68(106)74(59(47-94)118-81)120-82-71(109)77(65(103)56(44-91)115-82)122-79-62(87-50(4)96)75(64(102)55(43-90)114-79)121-83-72(110)78(66(104)57(45-92)116-83)124-85(84(111)112)41-53(98)61(86-49(3)95)76(123-85)63(101)54(99)42-89/h19-20,37,39,51-59,61-83,89-94,97-99,101-110H,5-18,21-36,38,40-48H2,1-4H3,(H,86,95)(H,87,96)(H,88,100)(H,111,112)/b20-19-,39-37+/t51-,52+,53?,54+,55?,56?,57?,58?,59?,61+,62?,63+,64-,65-,66-,67+,68+,69?,70?,71?,72?,73+,74-,75+,76?,77-,78-,79-,80+,81-,82-,83-,85-/m0/s1. The number of rotatable bonds is 60. The van der Waals surface area contributed by atoms with Gasteiger partial charge in [-0.25, -0.2) is 4.79 Å². The molecule has 23 N–H and O–H groups in total. The second-order valence-corrected chi connectivity index (χ2v) is 33.8. The largest absolute Gasteiger partial charge is 0.477 e. The highest BCUT2D eigenvalue weighted by Crippen LogP contribution is 2.41. The van der Waals surface area contributed by atoms with E-state index in [2.05, 4.69) is 41.9 Å². The highest BCUT2D eigenvalue weighted by atomic mass is 16.8. The molecule has 6 aliphatic rings. The summed E-state index contributed by atoms with van der Waals surface area (Å²) in [5, 5.41) is 231. The molecule has 6 fully saturated rings. The highest BCUT2D eigenvalue weighted by Gasteiger charge is 2.62. The van der Waals surface area contributed by atoms with E-state index < -0.39 is 272 Å². The van der Waals surface area contributed by atoms with Crippen molar-refractivity contribution in [3.05, 3.63) is 24.3 Å². The molecule has 6 saturated heterocycles. The summed E-state index contributed by atoms with van der Waals surface area (Å²) in [7, 11) is 0. The van der Waals surface area contributed by atoms with E-state index in [4.69, 9.17) is 56.8 Å². The van der Waals surface area contributed by atoms with Crippen LogP contribution in [0.15, 0.2) is 24.3 Å². The molecule has 124 heavy (non-hydrogen) atoms. The monoisotopic (exact) mass is 1790 g/mol. The third-order valence-corrected chi connectivity index (χ3v) is 23.9. The predicted octanol–water partition coefficient (Wildman–Crippen LogP) is -1.10. The predicted molar refractivity (Wildman–Crippen MR) is 439 cm³/mol. The Bertz CT molecular complexity index is 2990. The number of aliphatic carboxylic acids is 1. The maximum absolute atomic E-state index is 13.6. The summed E-state index contributed by atoms with van der Waals surface area (Å²) >= 11 is 0. The number of hydrogen-bond acceptors (Lipinski definition) is 35. The number of carboxylic acid groups (broad SMARTS) is 1. The van der Waals surface area contributed by atoms with Gasteiger partial charge in [-0.2, -0.15) is 0 Å². The minimum absolute atomic E-state index is 0.164. The third-order valence-electron chi connectivity index (χ3n) is 23.9. The number of carbonyl (C=O) groups is 4. The van der Waals surface area contributed by atoms with E-state index in [1.165, 1.54) is 122 Å². The van der Waals surface area contributed by atoms with Crippen molar-refractivity contribution in [2.45, 2.75) is 441 Å². The molecule has 0 aromatic rings. The van der Waals surface area contributed by atoms with E-state index in [0.29, 0.717) is 12.8 Å². The summed E-state index contributed by atoms with van der Waals surface area (Å²) in [5.41, 5.74) is 0. The molecule has 33 atom stereocenters. The van der Waals surface area contributed by atoms with Crippen LogP contribution in [0.3, 0.4) is 0 Å². The number of amides is 3. The lowest BCUT2D eigenvalue weighted by Gasteiger charge is -2.51. The molecule has 0 aromatic carbocycles. The molecule has 0 spiro atoms. The smallest absolute Gasteiger partial charge is 0.364 e. The summed E-state index contributed by atoms with van der Waals surface area (Å²) < 4.78 is 70.6. The van der Waals surface area contributed by atoms with Crippen LogP contribution < -0.4 is 16.0 Å². The van der Waals surface area contributed by atoms with Gasteiger partial charge in [0.25, 0.3) is 5.79 Å². The Morgan fingerprint density at radius 1 is 0.419 bits per heavy atom. The topological polar surface area (TPSA) is 620 Å². The van der Waals surface area contributed by atoms with Gasteiger partial charge in [0.1, 0.15) is 140 Å². The van der Waals surface area contributed by atoms with E-state index in [9.17, 15) is 121 Å². The average Bonchev–Trinajstić information content (AvgIpc) is 0.751. The molecule has 6 heterocycles. The van der Waals surface area contributed by atoms with E-state index in [1.54, 1.807) is 6.08 Å². The average molecular weight is 1790 g/mol. The number of unbranched alkanes of at least 4 members (excludes halogenated alkanes) is 28. The molecule has 0 radical (unpaired) electrons. The van der Waals surface area contributed by atoms with Gasteiger partial charge in [-0.15, -0.1) is 0 Å². The molecule has 12 unspecified atom stereocenters. The quantitative estimate of drug-likeness (QED) is 0.0254. The third kappa shape index (κ3) is 33.4. The molecule has 722 valence electrons. The maximum Gasteiger partial charge on any atom is 0.364 e. The SMILES string of the molecule is CCCCCCCC/C=C\CCCCCCCCCCCCCC(=O)N[C@@H](CO[C@@H]1OC(CO)[C@@H](O[C@@H]2OC(CO)[C@H](O[C@@H]3OC(CO)[C@H](O)[C@H](O[C@@H]4OC(CO)[C@H](O)[C@H](O[C@@H]5OC(CO)[C@H](O)[C@H](O[C@]6(C(=O)O)CC(O)[C@@H](NC(C)=O)C([C@H](O)[C@H](O)CO)O6)C5O)C4NC(C)=O)C3O)[C@H](O)C2O)[C@H](O)C1O)[C@H](O)/C=C/CCCCCCCCCCCCC. The lowest BCUT2D eigenvalue weighted by Crippen LogP contribution is -2.71. The van der Waals surface area contributed by atoms with Gasteiger partial charge in [-0.1, -0.05) is 192 Å². The minimum Gasteiger partial charge on any atom is -0.477 e. The van der Waals surface area contributed by atoms with Gasteiger partial charge in [0.15, 0.2) is 31.5 Å². The van der Waals surface area contributed by atoms with Gasteiger partial charge in [-0.05, 0) is 44.9 Å². The fraction of sp³-hybridized carbons (Fsp3) is 0.906. The molecule has 0 aliphatic carbocycles. The lowest BCUT2D eigenvalue weighted by molar-refractivity contribution is -0.392. The van der Waals surface area contributed by atoms with E-state index in [0.717, 1.165) is 78.1 Å². The molecule has 39 heteroatoms. The summed E-state index contributed by atoms with van der Waals surface area (Å²) in [6.07, 6.45) is -16.9. The Kier molecular flexibility index (Phi) is 51.0. The Labute approximate surface area is 727 Å². The van der Waals surface area contributed by atoms with Gasteiger partial charge in [-0.3, -0.25) is 14.4 Å². The van der Waals surface area contributed by atoms with E-state index in [-0.39, 0.29) is 12.3 Å². The molecule has 6 aliphatic heterocycles. The number of hydrogen-bond donors (Lipinski definition) is 23. The first kappa shape index (κ1) is 109. The Balaban J connectivity index is 1.08. The van der Waals surface area contributed by atoms with Gasteiger partial charge < -0.3 is 175 Å². The Morgan fingerprint density at radius 3 is 1.24 bits per heavy atom. The van der Waals surface area contributed by atoms with Crippen LogP contribution in [-0.2, 0) is 76.0 Å². The normalized spacial score (nSPS) is 35.3. The molecule has 0 aromatic heterocycles. The molecule has 0 saturated carbocycles. The zero-order chi connectivity index (χ0) is 91.0. The molecular weight excluding hydrogens is 1640 g/mol. The number of allylic oxidation sites excluding steroid dienone is 3. The number of carbonyl (C=O) groups excluding carboxylic acids is 3. The Morgan fingerprint density at radius 2 is 0.790 bits per heavy atom. The zero-order valence-electron chi connectivity index (χ0n) is 72.5. The van der Waals surface area contributed by atoms with Gasteiger partial charge in [0, 0.05) is 26.7 Å². The van der Waals surface area contributed by atoms with Crippen molar-refractivity contribution in [1.29, 1.82) is 0 Å². The van der Waals surface area contributed by atoms with Crippen molar-refractivity contribution < 1.29 is 178 Å². The van der Waals surface area contributed by atoms with Crippen LogP contribution in [0.5, 0.6) is 0 Å². The molecular formula is C85H151N3O36. The lowest BCUT2D eigenvalue weighted by atomic mass is 9.88. The van der Waals surface area contributed by atoms with Crippen LogP contribution in [0.25, 0.3) is 0 Å². The second kappa shape index (κ2) is 58.1. The number of aliphatic hydroxyl groups excluding tert-OH is 19. The Hall–Kier alpha value is -3.88. The van der Waals surface area contributed by atoms with Gasteiger partial charge >= 0.3 is 5.97 Å². The van der Waals surface area contributed by atoms with Crippen LogP contribution in [0.1, 0.15) is 240 Å². The van der Waals surface area contributed by atoms with Crippen LogP contribution >= 0.6 is 0 Å². The summed E-state index contributed by atoms with van der Waals surface area (Å²) in [5.74, 6) is -7.50. The zero-order valence-corrected chi connectivity index (χ0v) is 72.5. The van der Waals surface area contributed by atoms with Crippen molar-refractivity contribution in [2.75, 3.05) is 46.2 Å². The number of carboxylic acids is 1. The van der Waals surface area contributed by atoms with Crippen LogP contribution in [0.2, 0.25) is 0 Å². The van der Waals surface area contributed by atoms with Crippen molar-refractivity contribution in [2.24, 2.45) is 0 Å². The molecule has 6 rings (SSSR count). The molecule has 0 bridgehead atoms. The minimum atomic E-state index is -3.25. The van der Waals surface area contributed by atoms with Crippen LogP contribution in [0, 0.1) is 0 Å². The number of nitrogens with one attached hydrogen (secondary N) is 3. The van der Waals surface area contributed by atoms with Crippen molar-refractivity contribution >= 4 is 23.7 Å². The fourth-order valence-corrected chi connectivity index (χ4v) is 16.6. The van der Waals surface area contributed by atoms with E-state index in [1.807, 2.05) is 6.08 Å². The number of ether oxygens (including phenoxy) is 12. The van der Waals surface area contributed by atoms with Crippen molar-refractivity contribution in [3.63, 3.8) is 0 Å². The van der Waals surface area contributed by atoms with Gasteiger partial charge in [0.2, 0.25) is 17.7 Å². The van der Waals surface area contributed by atoms with Crippen LogP contribution in [-0.4, -0.2) is 374 Å². The first-order valence-corrected chi connectivity index (χ1v) is 45.3. The first-order valence-electron chi connectivity index (χ1n) is 45.3. The maximum atomic E-state index is 13.6. The van der Waals surface area contributed by atoms with Gasteiger partial charge in [0.05, 0.1) is 70.5 Å². The first-order chi connectivity index (χ1) is 59.5. The molecule has 39 nitrogen and oxygen atoms in total. The van der Waals surface area contributed by atoms with E-state index >= 15 is 0 Å². The fourth-order valence-electron chi connectivity index (χ4n) is 16.6. The summed E-state index contributed by atoms with van der Waals surface area (Å²) in [4.78, 5) is 52.1. The summed E-state index contributed by atoms with van der Waals surface area (Å²) in [6, 6.07) is -4.73. The highest BCUT2D eigenvalue weighted by molar-refractivity contribution is 5.77. The van der Waals surface area contributed by atoms with Crippen LogP contribution in [0.4, 0.5) is 0 Å². The number of aliphatic hydroxyl groups is 19. The van der Waals surface area contributed by atoms with Crippen molar-refractivity contribution in [3.8, 4) is 0 Å². The molecule has 3 amide bonds.